The van der Waals surface area contributed by atoms with E-state index in [2.05, 4.69) is 19.2 Å². The van der Waals surface area contributed by atoms with Crippen molar-refractivity contribution in [1.29, 1.82) is 0 Å². The Morgan fingerprint density at radius 2 is 2.16 bits per heavy atom. The summed E-state index contributed by atoms with van der Waals surface area (Å²) in [5.74, 6) is 0.686. The van der Waals surface area contributed by atoms with Gasteiger partial charge in [0.1, 0.15) is 0 Å². The SMILES string of the molecule is CC(C)CCCCNC(=O)/C=C/c1cccc(N)c1. The first-order valence-electron chi connectivity index (χ1n) is 6.89. The second-order valence-corrected chi connectivity index (χ2v) is 5.18. The highest BCUT2D eigenvalue weighted by molar-refractivity contribution is 5.91. The summed E-state index contributed by atoms with van der Waals surface area (Å²) in [6, 6.07) is 7.46. The van der Waals surface area contributed by atoms with Crippen LogP contribution in [0.2, 0.25) is 0 Å². The highest BCUT2D eigenvalue weighted by Crippen LogP contribution is 2.08. The molecule has 1 rings (SSSR count). The van der Waals surface area contributed by atoms with Gasteiger partial charge >= 0.3 is 0 Å². The van der Waals surface area contributed by atoms with E-state index in [4.69, 9.17) is 5.73 Å². The number of anilines is 1. The number of unbranched alkanes of at least 4 members (excludes halogenated alkanes) is 1. The van der Waals surface area contributed by atoms with Crippen LogP contribution in [0.3, 0.4) is 0 Å². The summed E-state index contributed by atoms with van der Waals surface area (Å²) in [6.07, 6.45) is 6.75. The van der Waals surface area contributed by atoms with Crippen molar-refractivity contribution < 1.29 is 4.79 Å². The number of benzene rings is 1. The number of nitrogen functional groups attached to an aromatic ring is 1. The molecule has 1 aromatic carbocycles. The van der Waals surface area contributed by atoms with Gasteiger partial charge in [-0.3, -0.25) is 4.79 Å². The molecule has 3 N–H and O–H groups in total. The van der Waals surface area contributed by atoms with Gasteiger partial charge < -0.3 is 11.1 Å². The lowest BCUT2D eigenvalue weighted by Gasteiger charge is -2.04. The number of hydrogen-bond acceptors (Lipinski definition) is 2. The Bertz CT molecular complexity index is 425. The van der Waals surface area contributed by atoms with Gasteiger partial charge in [0.2, 0.25) is 5.91 Å². The summed E-state index contributed by atoms with van der Waals surface area (Å²) < 4.78 is 0. The molecule has 0 saturated carbocycles. The Morgan fingerprint density at radius 1 is 1.37 bits per heavy atom. The van der Waals surface area contributed by atoms with Gasteiger partial charge in [-0.2, -0.15) is 0 Å². The second kappa shape index (κ2) is 8.35. The molecule has 3 nitrogen and oxygen atoms in total. The predicted octanol–water partition coefficient (Wildman–Crippen LogP) is 3.22. The standard InChI is InChI=1S/C16H24N2O/c1-13(2)6-3-4-11-18-16(19)10-9-14-7-5-8-15(17)12-14/h5,7-10,12-13H,3-4,6,11,17H2,1-2H3,(H,18,19)/b10-9+. The minimum Gasteiger partial charge on any atom is -0.399 e. The minimum absolute atomic E-state index is 0.0491. The zero-order valence-corrected chi connectivity index (χ0v) is 11.9. The molecule has 19 heavy (non-hydrogen) atoms. The first-order valence-corrected chi connectivity index (χ1v) is 6.89. The zero-order chi connectivity index (χ0) is 14.1. The highest BCUT2D eigenvalue weighted by Gasteiger charge is 1.97. The highest BCUT2D eigenvalue weighted by atomic mass is 16.1. The predicted molar refractivity (Wildman–Crippen MR) is 81.6 cm³/mol. The molecule has 0 aromatic heterocycles. The average molecular weight is 260 g/mol. The van der Waals surface area contributed by atoms with E-state index in [1.165, 1.54) is 6.42 Å². The van der Waals surface area contributed by atoms with E-state index in [1.807, 2.05) is 24.3 Å². The van der Waals surface area contributed by atoms with E-state index in [-0.39, 0.29) is 5.91 Å². The molecule has 3 heteroatoms. The van der Waals surface area contributed by atoms with Crippen LogP contribution < -0.4 is 11.1 Å². The third-order valence-electron chi connectivity index (χ3n) is 2.85. The molecule has 0 fully saturated rings. The molecule has 0 unspecified atom stereocenters. The van der Waals surface area contributed by atoms with E-state index in [0.717, 1.165) is 30.9 Å². The number of rotatable bonds is 7. The maximum absolute atomic E-state index is 11.6. The fourth-order valence-corrected chi connectivity index (χ4v) is 1.78. The third kappa shape index (κ3) is 7.29. The van der Waals surface area contributed by atoms with Crippen LogP contribution in [0.15, 0.2) is 30.3 Å². The third-order valence-corrected chi connectivity index (χ3v) is 2.85. The fourth-order valence-electron chi connectivity index (χ4n) is 1.78. The number of amides is 1. The Morgan fingerprint density at radius 3 is 2.84 bits per heavy atom. The topological polar surface area (TPSA) is 55.1 Å². The molecule has 0 atom stereocenters. The van der Waals surface area contributed by atoms with Crippen molar-refractivity contribution in [3.05, 3.63) is 35.9 Å². The van der Waals surface area contributed by atoms with Crippen LogP contribution in [0.1, 0.15) is 38.7 Å². The molecule has 0 saturated heterocycles. The normalized spacial score (nSPS) is 11.1. The van der Waals surface area contributed by atoms with E-state index in [1.54, 1.807) is 12.2 Å². The molecular formula is C16H24N2O. The largest absolute Gasteiger partial charge is 0.399 e. The summed E-state index contributed by atoms with van der Waals surface area (Å²) in [4.78, 5) is 11.6. The van der Waals surface area contributed by atoms with Gasteiger partial charge in [-0.15, -0.1) is 0 Å². The maximum atomic E-state index is 11.6. The lowest BCUT2D eigenvalue weighted by molar-refractivity contribution is -0.116. The second-order valence-electron chi connectivity index (χ2n) is 5.18. The number of carbonyl (C=O) groups is 1. The average Bonchev–Trinajstić information content (AvgIpc) is 2.35. The molecule has 0 bridgehead atoms. The molecule has 0 spiro atoms. The number of nitrogens with one attached hydrogen (secondary N) is 1. The summed E-state index contributed by atoms with van der Waals surface area (Å²) in [5, 5.41) is 2.88. The summed E-state index contributed by atoms with van der Waals surface area (Å²) in [6.45, 7) is 5.17. The Kier molecular flexibility index (Phi) is 6.72. The van der Waals surface area contributed by atoms with Crippen molar-refractivity contribution in [2.75, 3.05) is 12.3 Å². The monoisotopic (exact) mass is 260 g/mol. The molecule has 0 aliphatic rings. The summed E-state index contributed by atoms with van der Waals surface area (Å²) in [5.41, 5.74) is 7.31. The van der Waals surface area contributed by atoms with Crippen LogP contribution in [0.4, 0.5) is 5.69 Å². The van der Waals surface area contributed by atoms with Gasteiger partial charge in [0, 0.05) is 18.3 Å². The van der Waals surface area contributed by atoms with Crippen LogP contribution in [0.5, 0.6) is 0 Å². The Labute approximate surface area is 115 Å². The van der Waals surface area contributed by atoms with Crippen molar-refractivity contribution in [2.45, 2.75) is 33.1 Å². The van der Waals surface area contributed by atoms with Gasteiger partial charge in [0.05, 0.1) is 0 Å². The molecule has 0 radical (unpaired) electrons. The molecule has 104 valence electrons. The smallest absolute Gasteiger partial charge is 0.243 e. The Hall–Kier alpha value is -1.77. The number of hydrogen-bond donors (Lipinski definition) is 2. The van der Waals surface area contributed by atoms with Gasteiger partial charge in [0.15, 0.2) is 0 Å². The zero-order valence-electron chi connectivity index (χ0n) is 11.9. The van der Waals surface area contributed by atoms with Crippen LogP contribution >= 0.6 is 0 Å². The lowest BCUT2D eigenvalue weighted by Crippen LogP contribution is -2.22. The number of carbonyl (C=O) groups excluding carboxylic acids is 1. The minimum atomic E-state index is -0.0491. The molecular weight excluding hydrogens is 236 g/mol. The first kappa shape index (κ1) is 15.3. The molecule has 0 heterocycles. The van der Waals surface area contributed by atoms with Crippen LogP contribution in [-0.2, 0) is 4.79 Å². The van der Waals surface area contributed by atoms with Crippen molar-refractivity contribution in [2.24, 2.45) is 5.92 Å². The molecule has 1 amide bonds. The fraction of sp³-hybridized carbons (Fsp3) is 0.438. The van der Waals surface area contributed by atoms with E-state index >= 15 is 0 Å². The van der Waals surface area contributed by atoms with Crippen molar-refractivity contribution in [3.8, 4) is 0 Å². The van der Waals surface area contributed by atoms with Gasteiger partial charge in [-0.25, -0.2) is 0 Å². The van der Waals surface area contributed by atoms with Crippen LogP contribution in [0.25, 0.3) is 6.08 Å². The lowest BCUT2D eigenvalue weighted by atomic mass is 10.1. The Balaban J connectivity index is 2.24. The van der Waals surface area contributed by atoms with Gasteiger partial charge in [0.25, 0.3) is 0 Å². The number of nitrogens with two attached hydrogens (primary N) is 1. The van der Waals surface area contributed by atoms with Crippen LogP contribution in [0, 0.1) is 5.92 Å². The van der Waals surface area contributed by atoms with Crippen LogP contribution in [-0.4, -0.2) is 12.5 Å². The van der Waals surface area contributed by atoms with Crippen molar-refractivity contribution in [1.82, 2.24) is 5.32 Å². The summed E-state index contributed by atoms with van der Waals surface area (Å²) in [7, 11) is 0. The quantitative estimate of drug-likeness (QED) is 0.449. The maximum Gasteiger partial charge on any atom is 0.243 e. The van der Waals surface area contributed by atoms with Gasteiger partial charge in [-0.05, 0) is 36.1 Å². The molecule has 0 aliphatic carbocycles. The molecule has 1 aromatic rings. The van der Waals surface area contributed by atoms with E-state index in [9.17, 15) is 4.79 Å². The van der Waals surface area contributed by atoms with E-state index in [0.29, 0.717) is 5.69 Å². The van der Waals surface area contributed by atoms with E-state index < -0.39 is 0 Å². The summed E-state index contributed by atoms with van der Waals surface area (Å²) >= 11 is 0. The van der Waals surface area contributed by atoms with Crippen molar-refractivity contribution in [3.63, 3.8) is 0 Å². The van der Waals surface area contributed by atoms with Crippen molar-refractivity contribution >= 4 is 17.7 Å². The first-order chi connectivity index (χ1) is 9.08. The molecule has 0 aliphatic heterocycles. The van der Waals surface area contributed by atoms with Gasteiger partial charge in [-0.1, -0.05) is 38.8 Å².